The number of furan rings is 1. The Kier molecular flexibility index (Phi) is 4.73. The van der Waals surface area contributed by atoms with Gasteiger partial charge in [0.2, 0.25) is 0 Å². The number of nitrogens with one attached hydrogen (secondary N) is 1. The summed E-state index contributed by atoms with van der Waals surface area (Å²) in [6.45, 7) is -0.135. The first-order valence-corrected chi connectivity index (χ1v) is 6.10. The molecule has 0 radical (unpaired) electrons. The van der Waals surface area contributed by atoms with Crippen LogP contribution in [-0.4, -0.2) is 23.5 Å². The predicted molar refractivity (Wildman–Crippen MR) is 70.1 cm³/mol. The molecule has 0 aromatic carbocycles. The summed E-state index contributed by atoms with van der Waals surface area (Å²) in [4.78, 5) is 26.8. The number of carbonyl (C=O) groups excluding carboxylic acids is 2. The van der Waals surface area contributed by atoms with Crippen molar-refractivity contribution >= 4 is 23.5 Å². The standard InChI is InChI=1S/C13H11ClN2O4/c14-11-6-9(3-4-15-11)13(18)20-8-12(17)16-7-10-2-1-5-19-10/h1-6H,7-8H2,(H,16,17). The molecule has 0 atom stereocenters. The van der Waals surface area contributed by atoms with Crippen molar-refractivity contribution in [2.24, 2.45) is 0 Å². The predicted octanol–water partition coefficient (Wildman–Crippen LogP) is 1.80. The van der Waals surface area contributed by atoms with Gasteiger partial charge < -0.3 is 14.5 Å². The molecule has 1 amide bonds. The van der Waals surface area contributed by atoms with Gasteiger partial charge in [-0.1, -0.05) is 11.6 Å². The van der Waals surface area contributed by atoms with Gasteiger partial charge in [-0.25, -0.2) is 9.78 Å². The highest BCUT2D eigenvalue weighted by atomic mass is 35.5. The van der Waals surface area contributed by atoms with E-state index in [0.717, 1.165) is 0 Å². The van der Waals surface area contributed by atoms with Crippen LogP contribution in [0.2, 0.25) is 5.15 Å². The van der Waals surface area contributed by atoms with Crippen LogP contribution in [0, 0.1) is 0 Å². The van der Waals surface area contributed by atoms with Crippen LogP contribution in [0.4, 0.5) is 0 Å². The van der Waals surface area contributed by atoms with Gasteiger partial charge in [0, 0.05) is 6.20 Å². The van der Waals surface area contributed by atoms with E-state index in [0.29, 0.717) is 5.76 Å². The fourth-order valence-electron chi connectivity index (χ4n) is 1.39. The van der Waals surface area contributed by atoms with Crippen molar-refractivity contribution in [3.8, 4) is 0 Å². The molecule has 0 aliphatic rings. The van der Waals surface area contributed by atoms with Gasteiger partial charge >= 0.3 is 5.97 Å². The van der Waals surface area contributed by atoms with Crippen molar-refractivity contribution in [2.45, 2.75) is 6.54 Å². The molecule has 0 spiro atoms. The van der Waals surface area contributed by atoms with Gasteiger partial charge in [-0.3, -0.25) is 4.79 Å². The molecule has 0 saturated carbocycles. The lowest BCUT2D eigenvalue weighted by Gasteiger charge is -2.05. The summed E-state index contributed by atoms with van der Waals surface area (Å²) in [5.41, 5.74) is 0.240. The highest BCUT2D eigenvalue weighted by Crippen LogP contribution is 2.08. The molecule has 2 rings (SSSR count). The Morgan fingerprint density at radius 2 is 2.25 bits per heavy atom. The minimum atomic E-state index is -0.637. The van der Waals surface area contributed by atoms with Crippen molar-refractivity contribution in [1.29, 1.82) is 0 Å². The molecule has 7 heteroatoms. The molecule has 2 heterocycles. The lowest BCUT2D eigenvalue weighted by Crippen LogP contribution is -2.28. The van der Waals surface area contributed by atoms with Crippen LogP contribution in [-0.2, 0) is 16.1 Å². The van der Waals surface area contributed by atoms with Crippen LogP contribution in [0.5, 0.6) is 0 Å². The van der Waals surface area contributed by atoms with Crippen molar-refractivity contribution < 1.29 is 18.7 Å². The monoisotopic (exact) mass is 294 g/mol. The van der Waals surface area contributed by atoms with E-state index in [4.69, 9.17) is 20.8 Å². The van der Waals surface area contributed by atoms with Crippen molar-refractivity contribution in [1.82, 2.24) is 10.3 Å². The maximum atomic E-state index is 11.6. The van der Waals surface area contributed by atoms with Gasteiger partial charge in [-0.2, -0.15) is 0 Å². The molecule has 1 N–H and O–H groups in total. The first-order chi connectivity index (χ1) is 9.65. The van der Waals surface area contributed by atoms with Crippen LogP contribution >= 0.6 is 11.6 Å². The second-order valence-corrected chi connectivity index (χ2v) is 4.19. The Balaban J connectivity index is 1.77. The number of pyridine rings is 1. The number of halogens is 1. The quantitative estimate of drug-likeness (QED) is 0.672. The Morgan fingerprint density at radius 1 is 1.40 bits per heavy atom. The molecule has 0 bridgehead atoms. The van der Waals surface area contributed by atoms with E-state index < -0.39 is 11.9 Å². The summed E-state index contributed by atoms with van der Waals surface area (Å²) in [5.74, 6) is -0.442. The highest BCUT2D eigenvalue weighted by molar-refractivity contribution is 6.29. The van der Waals surface area contributed by atoms with Gasteiger partial charge in [0.15, 0.2) is 6.61 Å². The number of ether oxygens (including phenoxy) is 1. The smallest absolute Gasteiger partial charge is 0.338 e. The minimum absolute atomic E-state index is 0.182. The molecular formula is C13H11ClN2O4. The number of aromatic nitrogens is 1. The van der Waals surface area contributed by atoms with Gasteiger partial charge in [0.25, 0.3) is 5.91 Å². The van der Waals surface area contributed by atoms with E-state index in [1.807, 2.05) is 0 Å². The molecule has 0 aliphatic heterocycles. The lowest BCUT2D eigenvalue weighted by atomic mass is 10.3. The van der Waals surface area contributed by atoms with Crippen LogP contribution < -0.4 is 5.32 Å². The highest BCUT2D eigenvalue weighted by Gasteiger charge is 2.11. The summed E-state index contributed by atoms with van der Waals surface area (Å²) in [5, 5.41) is 2.74. The summed E-state index contributed by atoms with van der Waals surface area (Å²) < 4.78 is 9.89. The summed E-state index contributed by atoms with van der Waals surface area (Å²) in [6.07, 6.45) is 2.89. The van der Waals surface area contributed by atoms with Gasteiger partial charge in [0.05, 0.1) is 18.4 Å². The third-order valence-corrected chi connectivity index (χ3v) is 2.54. The zero-order valence-electron chi connectivity index (χ0n) is 10.3. The summed E-state index contributed by atoms with van der Waals surface area (Å²) >= 11 is 5.65. The van der Waals surface area contributed by atoms with Gasteiger partial charge in [0.1, 0.15) is 10.9 Å². The third-order valence-electron chi connectivity index (χ3n) is 2.34. The first-order valence-electron chi connectivity index (χ1n) is 5.73. The zero-order chi connectivity index (χ0) is 14.4. The average Bonchev–Trinajstić information content (AvgIpc) is 2.95. The van der Waals surface area contributed by atoms with Crippen molar-refractivity contribution in [2.75, 3.05) is 6.61 Å². The van der Waals surface area contributed by atoms with E-state index >= 15 is 0 Å². The van der Waals surface area contributed by atoms with Crippen LogP contribution in [0.3, 0.4) is 0 Å². The van der Waals surface area contributed by atoms with Crippen LogP contribution in [0.1, 0.15) is 16.1 Å². The van der Waals surface area contributed by atoms with Gasteiger partial charge in [-0.15, -0.1) is 0 Å². The number of amides is 1. The molecule has 104 valence electrons. The first kappa shape index (κ1) is 14.1. The number of hydrogen-bond donors (Lipinski definition) is 1. The largest absolute Gasteiger partial charge is 0.467 e. The van der Waals surface area contributed by atoms with Crippen molar-refractivity contribution in [3.63, 3.8) is 0 Å². The fraction of sp³-hybridized carbons (Fsp3) is 0.154. The molecule has 0 fully saturated rings. The maximum Gasteiger partial charge on any atom is 0.338 e. The number of carbonyl (C=O) groups is 2. The number of hydrogen-bond acceptors (Lipinski definition) is 5. The Morgan fingerprint density at radius 3 is 2.95 bits per heavy atom. The Labute approximate surface area is 119 Å². The Bertz CT molecular complexity index is 598. The average molecular weight is 295 g/mol. The number of nitrogens with zero attached hydrogens (tertiary/aromatic N) is 1. The molecule has 0 unspecified atom stereocenters. The van der Waals surface area contributed by atoms with E-state index in [1.54, 1.807) is 12.1 Å². The van der Waals surface area contributed by atoms with Crippen LogP contribution in [0.15, 0.2) is 41.1 Å². The van der Waals surface area contributed by atoms with Gasteiger partial charge in [-0.05, 0) is 24.3 Å². The van der Waals surface area contributed by atoms with Crippen LogP contribution in [0.25, 0.3) is 0 Å². The number of esters is 1. The molecule has 0 aliphatic carbocycles. The second kappa shape index (κ2) is 6.72. The third kappa shape index (κ3) is 4.10. The lowest BCUT2D eigenvalue weighted by molar-refractivity contribution is -0.124. The van der Waals surface area contributed by atoms with E-state index in [2.05, 4.69) is 10.3 Å². The van der Waals surface area contributed by atoms with Crippen molar-refractivity contribution in [3.05, 3.63) is 53.2 Å². The normalized spacial score (nSPS) is 10.1. The molecule has 0 saturated heterocycles. The van der Waals surface area contributed by atoms with E-state index in [1.165, 1.54) is 24.6 Å². The SMILES string of the molecule is O=C(COC(=O)c1ccnc(Cl)c1)NCc1ccco1. The van der Waals surface area contributed by atoms with E-state index in [-0.39, 0.29) is 23.9 Å². The zero-order valence-corrected chi connectivity index (χ0v) is 11.1. The molecule has 2 aromatic heterocycles. The topological polar surface area (TPSA) is 81.4 Å². The molecule has 20 heavy (non-hydrogen) atoms. The maximum absolute atomic E-state index is 11.6. The molecular weight excluding hydrogens is 284 g/mol. The van der Waals surface area contributed by atoms with E-state index in [9.17, 15) is 9.59 Å². The minimum Gasteiger partial charge on any atom is -0.467 e. The summed E-state index contributed by atoms with van der Waals surface area (Å²) in [7, 11) is 0. The molecule has 2 aromatic rings. The number of rotatable bonds is 5. The second-order valence-electron chi connectivity index (χ2n) is 3.80. The molecule has 6 nitrogen and oxygen atoms in total. The summed E-state index contributed by atoms with van der Waals surface area (Å²) in [6, 6.07) is 6.26. The Hall–Kier alpha value is -2.34. The fourth-order valence-corrected chi connectivity index (χ4v) is 1.57.